The summed E-state index contributed by atoms with van der Waals surface area (Å²) in [6, 6.07) is 7.20. The van der Waals surface area contributed by atoms with Gasteiger partial charge in [-0.2, -0.15) is 13.2 Å². The summed E-state index contributed by atoms with van der Waals surface area (Å²) in [5.41, 5.74) is 6.06. The SMILES string of the molecule is CC(C)Oc1cc(OCC2CC3(CC(C=Cc4c(-c5ccccc5C(F)(F)F)noc4C4CC4)C3)C2)cnc1C(N)=O. The van der Waals surface area contributed by atoms with Crippen molar-refractivity contribution in [3.63, 3.8) is 0 Å². The quantitative estimate of drug-likeness (QED) is 0.268. The average Bonchev–Trinajstić information content (AvgIpc) is 3.64. The number of allylic oxidation sites excluding steroid dienone is 1. The summed E-state index contributed by atoms with van der Waals surface area (Å²) >= 11 is 0. The second-order valence-corrected chi connectivity index (χ2v) is 12.3. The van der Waals surface area contributed by atoms with Crippen molar-refractivity contribution in [1.82, 2.24) is 10.1 Å². The average molecular weight is 582 g/mol. The molecule has 42 heavy (non-hydrogen) atoms. The van der Waals surface area contributed by atoms with Crippen molar-refractivity contribution in [1.29, 1.82) is 0 Å². The summed E-state index contributed by atoms with van der Waals surface area (Å²) in [5.74, 6) is 1.89. The number of hydrogen-bond donors (Lipinski definition) is 1. The van der Waals surface area contributed by atoms with E-state index >= 15 is 0 Å². The summed E-state index contributed by atoms with van der Waals surface area (Å²) in [4.78, 5) is 15.8. The van der Waals surface area contributed by atoms with Crippen molar-refractivity contribution >= 4 is 12.0 Å². The first-order valence-corrected chi connectivity index (χ1v) is 14.4. The number of rotatable bonds is 10. The number of carbonyl (C=O) groups excluding carboxylic acids is 1. The van der Waals surface area contributed by atoms with E-state index in [4.69, 9.17) is 19.7 Å². The zero-order chi connectivity index (χ0) is 29.6. The van der Waals surface area contributed by atoms with Crippen LogP contribution in [0, 0.1) is 17.3 Å². The third-order valence-corrected chi connectivity index (χ3v) is 8.47. The molecular weight excluding hydrogens is 547 g/mol. The van der Waals surface area contributed by atoms with Gasteiger partial charge in [-0.15, -0.1) is 0 Å². The molecule has 0 atom stereocenters. The number of aromatic nitrogens is 2. The minimum atomic E-state index is -4.48. The topological polar surface area (TPSA) is 100 Å². The fraction of sp³-hybridized carbons (Fsp3) is 0.469. The number of amides is 1. The predicted octanol–water partition coefficient (Wildman–Crippen LogP) is 7.42. The standard InChI is InChI=1S/C32H34F3N3O4/c1-18(2)41-26-11-22(16-37-28(26)30(36)39)40-17-20-14-31(15-20)12-19(13-31)7-10-24-27(38-42-29(24)21-8-9-21)23-5-3-4-6-25(23)32(33,34)35/h3-7,10-11,16,18-21H,8-9,12-15,17H2,1-2H3,(H2,36,39). The van der Waals surface area contributed by atoms with Crippen LogP contribution in [0.25, 0.3) is 17.3 Å². The fourth-order valence-electron chi connectivity index (χ4n) is 6.53. The summed E-state index contributed by atoms with van der Waals surface area (Å²) in [6.07, 6.45) is 7.06. The molecule has 2 N–H and O–H groups in total. The third kappa shape index (κ3) is 5.76. The molecule has 1 amide bonds. The second kappa shape index (κ2) is 10.8. The molecule has 1 spiro atoms. The maximum atomic E-state index is 13.7. The maximum Gasteiger partial charge on any atom is 0.417 e. The van der Waals surface area contributed by atoms with E-state index in [1.165, 1.54) is 18.3 Å². The van der Waals surface area contributed by atoms with Gasteiger partial charge in [0.25, 0.3) is 5.91 Å². The number of benzene rings is 1. The van der Waals surface area contributed by atoms with E-state index in [9.17, 15) is 18.0 Å². The summed E-state index contributed by atoms with van der Waals surface area (Å²) in [7, 11) is 0. The van der Waals surface area contributed by atoms with Gasteiger partial charge < -0.3 is 19.7 Å². The molecule has 0 radical (unpaired) electrons. The molecule has 2 heterocycles. The molecule has 6 rings (SSSR count). The maximum absolute atomic E-state index is 13.7. The van der Waals surface area contributed by atoms with E-state index in [-0.39, 0.29) is 29.0 Å². The number of hydrogen-bond acceptors (Lipinski definition) is 6. The van der Waals surface area contributed by atoms with Crippen LogP contribution in [-0.4, -0.2) is 28.8 Å². The van der Waals surface area contributed by atoms with Gasteiger partial charge in [-0.25, -0.2) is 4.98 Å². The molecule has 3 aliphatic rings. The van der Waals surface area contributed by atoms with Gasteiger partial charge in [0.1, 0.15) is 17.2 Å². The van der Waals surface area contributed by atoms with Crippen molar-refractivity contribution in [2.45, 2.75) is 70.6 Å². The zero-order valence-electron chi connectivity index (χ0n) is 23.6. The van der Waals surface area contributed by atoms with Gasteiger partial charge in [-0.05, 0) is 75.7 Å². The molecule has 3 fully saturated rings. The Morgan fingerprint density at radius 2 is 1.93 bits per heavy atom. The molecular formula is C32H34F3N3O4. The lowest BCUT2D eigenvalue weighted by Crippen LogP contribution is -2.48. The monoisotopic (exact) mass is 581 g/mol. The lowest BCUT2D eigenvalue weighted by Gasteiger charge is -2.57. The Morgan fingerprint density at radius 3 is 2.60 bits per heavy atom. The Kier molecular flexibility index (Phi) is 7.27. The van der Waals surface area contributed by atoms with Crippen molar-refractivity contribution < 1.29 is 32.0 Å². The van der Waals surface area contributed by atoms with Crippen LogP contribution in [0.3, 0.4) is 0 Å². The number of alkyl halides is 3. The number of halogens is 3. The van der Waals surface area contributed by atoms with E-state index in [0.29, 0.717) is 46.7 Å². The highest BCUT2D eigenvalue weighted by Gasteiger charge is 2.52. The molecule has 3 aromatic rings. The molecule has 0 aliphatic heterocycles. The molecule has 222 valence electrons. The lowest BCUT2D eigenvalue weighted by atomic mass is 9.48. The van der Waals surface area contributed by atoms with Gasteiger partial charge in [0.05, 0.1) is 24.5 Å². The first kappa shape index (κ1) is 28.3. The minimum absolute atomic E-state index is 0.0505. The van der Waals surface area contributed by atoms with E-state index in [1.54, 1.807) is 12.1 Å². The van der Waals surface area contributed by atoms with Gasteiger partial charge in [-0.3, -0.25) is 4.79 Å². The molecule has 1 aromatic carbocycles. The van der Waals surface area contributed by atoms with Crippen LogP contribution in [0.4, 0.5) is 13.2 Å². The highest BCUT2D eigenvalue weighted by atomic mass is 19.4. The van der Waals surface area contributed by atoms with Gasteiger partial charge in [0.2, 0.25) is 0 Å². The smallest absolute Gasteiger partial charge is 0.417 e. The summed E-state index contributed by atoms with van der Waals surface area (Å²) in [6.45, 7) is 4.27. The van der Waals surface area contributed by atoms with E-state index in [1.807, 2.05) is 19.9 Å². The lowest BCUT2D eigenvalue weighted by molar-refractivity contribution is -0.137. The van der Waals surface area contributed by atoms with Crippen LogP contribution in [0.1, 0.15) is 85.7 Å². The van der Waals surface area contributed by atoms with Crippen LogP contribution in [0.5, 0.6) is 11.5 Å². The molecule has 0 saturated heterocycles. The molecule has 3 aliphatic carbocycles. The number of primary amides is 1. The minimum Gasteiger partial charge on any atom is -0.492 e. The van der Waals surface area contributed by atoms with Crippen molar-refractivity contribution in [2.75, 3.05) is 6.61 Å². The summed E-state index contributed by atoms with van der Waals surface area (Å²) < 4.78 is 58.5. The van der Waals surface area contributed by atoms with Crippen molar-refractivity contribution in [3.05, 3.63) is 65.2 Å². The first-order valence-electron chi connectivity index (χ1n) is 14.4. The van der Waals surface area contributed by atoms with Crippen molar-refractivity contribution in [3.8, 4) is 22.8 Å². The van der Waals surface area contributed by atoms with E-state index < -0.39 is 17.6 Å². The molecule has 10 heteroatoms. The normalized spacial score (nSPS) is 23.7. The number of carbonyl (C=O) groups is 1. The van der Waals surface area contributed by atoms with Crippen LogP contribution in [0.15, 0.2) is 47.1 Å². The number of nitrogens with zero attached hydrogens (tertiary/aromatic N) is 2. The van der Waals surface area contributed by atoms with E-state index in [0.717, 1.165) is 44.6 Å². The Morgan fingerprint density at radius 1 is 1.19 bits per heavy atom. The number of ether oxygens (including phenoxy) is 2. The Balaban J connectivity index is 1.06. The first-order chi connectivity index (χ1) is 20.0. The third-order valence-electron chi connectivity index (χ3n) is 8.47. The molecule has 0 unspecified atom stereocenters. The van der Waals surface area contributed by atoms with Gasteiger partial charge in [-0.1, -0.05) is 35.5 Å². The Hall–Kier alpha value is -3.82. The van der Waals surface area contributed by atoms with Crippen LogP contribution >= 0.6 is 0 Å². The second-order valence-electron chi connectivity index (χ2n) is 12.3. The van der Waals surface area contributed by atoms with Crippen LogP contribution < -0.4 is 15.2 Å². The molecule has 2 aromatic heterocycles. The van der Waals surface area contributed by atoms with Gasteiger partial charge in [0.15, 0.2) is 11.4 Å². The van der Waals surface area contributed by atoms with Gasteiger partial charge >= 0.3 is 6.18 Å². The molecule has 3 saturated carbocycles. The van der Waals surface area contributed by atoms with Crippen LogP contribution in [-0.2, 0) is 6.18 Å². The molecule has 0 bridgehead atoms. The van der Waals surface area contributed by atoms with Crippen LogP contribution in [0.2, 0.25) is 0 Å². The number of nitrogens with two attached hydrogens (primary N) is 1. The fourth-order valence-corrected chi connectivity index (χ4v) is 6.53. The Bertz CT molecular complexity index is 1490. The predicted molar refractivity (Wildman–Crippen MR) is 150 cm³/mol. The Labute approximate surface area is 242 Å². The largest absolute Gasteiger partial charge is 0.492 e. The van der Waals surface area contributed by atoms with Gasteiger partial charge in [0, 0.05) is 23.1 Å². The zero-order valence-corrected chi connectivity index (χ0v) is 23.6. The highest BCUT2D eigenvalue weighted by molar-refractivity contribution is 5.93. The van der Waals surface area contributed by atoms with Crippen molar-refractivity contribution in [2.24, 2.45) is 23.0 Å². The number of pyridine rings is 1. The summed E-state index contributed by atoms with van der Waals surface area (Å²) in [5, 5.41) is 4.11. The highest BCUT2D eigenvalue weighted by Crippen LogP contribution is 2.61. The molecule has 7 nitrogen and oxygen atoms in total. The van der Waals surface area contributed by atoms with E-state index in [2.05, 4.69) is 16.2 Å².